The van der Waals surface area contributed by atoms with Crippen molar-refractivity contribution in [1.29, 1.82) is 0 Å². The van der Waals surface area contributed by atoms with Crippen molar-refractivity contribution in [2.75, 3.05) is 17.2 Å². The number of benzene rings is 2. The van der Waals surface area contributed by atoms with E-state index >= 15 is 0 Å². The Kier molecular flexibility index (Phi) is 4.79. The third kappa shape index (κ3) is 4.10. The van der Waals surface area contributed by atoms with Gasteiger partial charge in [0.05, 0.1) is 6.54 Å². The first-order valence-corrected chi connectivity index (χ1v) is 7.20. The highest BCUT2D eigenvalue weighted by atomic mass is 79.9. The summed E-state index contributed by atoms with van der Waals surface area (Å²) in [7, 11) is 0. The molecule has 4 heteroatoms. The van der Waals surface area contributed by atoms with Gasteiger partial charge >= 0.3 is 0 Å². The quantitative estimate of drug-likeness (QED) is 0.884. The molecule has 0 aliphatic rings. The Bertz CT molecular complexity index is 608. The molecule has 0 aliphatic heterocycles. The zero-order chi connectivity index (χ0) is 14.5. The molecule has 0 aromatic heterocycles. The lowest BCUT2D eigenvalue weighted by atomic mass is 10.2. The van der Waals surface area contributed by atoms with Crippen LogP contribution in [0.2, 0.25) is 0 Å². The number of carbonyl (C=O) groups is 1. The average Bonchev–Trinajstić information content (AvgIpc) is 2.42. The number of anilines is 2. The van der Waals surface area contributed by atoms with Crippen LogP contribution in [-0.2, 0) is 4.79 Å². The second kappa shape index (κ2) is 6.57. The highest BCUT2D eigenvalue weighted by Crippen LogP contribution is 2.20. The fourth-order valence-electron chi connectivity index (χ4n) is 1.73. The predicted molar refractivity (Wildman–Crippen MR) is 87.2 cm³/mol. The minimum atomic E-state index is -0.0682. The maximum absolute atomic E-state index is 11.9. The zero-order valence-electron chi connectivity index (χ0n) is 11.5. The number of halogens is 1. The van der Waals surface area contributed by atoms with Gasteiger partial charge in [0.1, 0.15) is 0 Å². The van der Waals surface area contributed by atoms with Crippen molar-refractivity contribution in [2.24, 2.45) is 0 Å². The second-order valence-corrected chi connectivity index (χ2v) is 5.59. The summed E-state index contributed by atoms with van der Waals surface area (Å²) in [5.41, 5.74) is 4.07. The molecule has 0 spiro atoms. The number of hydrogen-bond donors (Lipinski definition) is 2. The Hall–Kier alpha value is -1.81. The minimum absolute atomic E-state index is 0.0682. The van der Waals surface area contributed by atoms with E-state index in [0.717, 1.165) is 21.4 Å². The fraction of sp³-hybridized carbons (Fsp3) is 0.188. The number of carbonyl (C=O) groups excluding carboxylic acids is 1. The first-order valence-electron chi connectivity index (χ1n) is 6.41. The molecule has 104 valence electrons. The summed E-state index contributed by atoms with van der Waals surface area (Å²) >= 11 is 3.45. The Morgan fingerprint density at radius 3 is 2.35 bits per heavy atom. The molecule has 3 nitrogen and oxygen atoms in total. The normalized spacial score (nSPS) is 10.2. The van der Waals surface area contributed by atoms with Gasteiger partial charge in [-0.1, -0.05) is 39.7 Å². The Morgan fingerprint density at radius 2 is 1.70 bits per heavy atom. The SMILES string of the molecule is Cc1ccc(NCC(=O)Nc2ccc(C)c(Br)c2)cc1. The van der Waals surface area contributed by atoms with Crippen molar-refractivity contribution in [1.82, 2.24) is 0 Å². The van der Waals surface area contributed by atoms with Crippen LogP contribution in [0.1, 0.15) is 11.1 Å². The molecule has 0 bridgehead atoms. The van der Waals surface area contributed by atoms with Gasteiger partial charge < -0.3 is 10.6 Å². The van der Waals surface area contributed by atoms with E-state index in [1.165, 1.54) is 5.56 Å². The highest BCUT2D eigenvalue weighted by molar-refractivity contribution is 9.10. The number of aryl methyl sites for hydroxylation is 2. The highest BCUT2D eigenvalue weighted by Gasteiger charge is 2.03. The predicted octanol–water partition coefficient (Wildman–Crippen LogP) is 4.12. The maximum atomic E-state index is 11.9. The molecule has 0 saturated heterocycles. The maximum Gasteiger partial charge on any atom is 0.243 e. The monoisotopic (exact) mass is 332 g/mol. The number of rotatable bonds is 4. The Balaban J connectivity index is 1.89. The average molecular weight is 333 g/mol. The summed E-state index contributed by atoms with van der Waals surface area (Å²) in [5.74, 6) is -0.0682. The van der Waals surface area contributed by atoms with Crippen LogP contribution >= 0.6 is 15.9 Å². The topological polar surface area (TPSA) is 41.1 Å². The third-order valence-corrected chi connectivity index (χ3v) is 3.81. The molecular formula is C16H17BrN2O. The molecular weight excluding hydrogens is 316 g/mol. The van der Waals surface area contributed by atoms with Gasteiger partial charge in [0.2, 0.25) is 5.91 Å². The van der Waals surface area contributed by atoms with Crippen molar-refractivity contribution >= 4 is 33.2 Å². The summed E-state index contributed by atoms with van der Waals surface area (Å²) < 4.78 is 0.988. The molecule has 2 rings (SSSR count). The van der Waals surface area contributed by atoms with E-state index in [1.54, 1.807) is 0 Å². The summed E-state index contributed by atoms with van der Waals surface area (Å²) in [6, 6.07) is 13.7. The first kappa shape index (κ1) is 14.6. The van der Waals surface area contributed by atoms with Crippen molar-refractivity contribution in [3.8, 4) is 0 Å². The van der Waals surface area contributed by atoms with Gasteiger partial charge in [0, 0.05) is 15.8 Å². The van der Waals surface area contributed by atoms with Gasteiger partial charge in [-0.15, -0.1) is 0 Å². The molecule has 0 atom stereocenters. The van der Waals surface area contributed by atoms with Crippen LogP contribution in [0, 0.1) is 13.8 Å². The number of nitrogens with one attached hydrogen (secondary N) is 2. The lowest BCUT2D eigenvalue weighted by Gasteiger charge is -2.09. The van der Waals surface area contributed by atoms with E-state index in [9.17, 15) is 4.79 Å². The van der Waals surface area contributed by atoms with Gasteiger partial charge in [0.25, 0.3) is 0 Å². The summed E-state index contributed by atoms with van der Waals surface area (Å²) in [6.45, 7) is 4.29. The van der Waals surface area contributed by atoms with Crippen molar-refractivity contribution in [3.63, 3.8) is 0 Å². The van der Waals surface area contributed by atoms with E-state index in [0.29, 0.717) is 0 Å². The minimum Gasteiger partial charge on any atom is -0.376 e. The largest absolute Gasteiger partial charge is 0.376 e. The van der Waals surface area contributed by atoms with Crippen LogP contribution < -0.4 is 10.6 Å². The molecule has 1 amide bonds. The fourth-order valence-corrected chi connectivity index (χ4v) is 2.11. The first-order chi connectivity index (χ1) is 9.54. The molecule has 2 aromatic rings. The van der Waals surface area contributed by atoms with Crippen molar-refractivity contribution in [2.45, 2.75) is 13.8 Å². The molecule has 0 radical (unpaired) electrons. The van der Waals surface area contributed by atoms with Gasteiger partial charge in [-0.3, -0.25) is 4.79 Å². The van der Waals surface area contributed by atoms with E-state index < -0.39 is 0 Å². The third-order valence-electron chi connectivity index (χ3n) is 2.96. The van der Waals surface area contributed by atoms with Gasteiger partial charge in [-0.2, -0.15) is 0 Å². The summed E-state index contributed by atoms with van der Waals surface area (Å²) in [6.07, 6.45) is 0. The van der Waals surface area contributed by atoms with E-state index in [2.05, 4.69) is 26.6 Å². The zero-order valence-corrected chi connectivity index (χ0v) is 13.1. The van der Waals surface area contributed by atoms with E-state index in [4.69, 9.17) is 0 Å². The smallest absolute Gasteiger partial charge is 0.243 e. The molecule has 0 aliphatic carbocycles. The lowest BCUT2D eigenvalue weighted by Crippen LogP contribution is -2.21. The lowest BCUT2D eigenvalue weighted by molar-refractivity contribution is -0.114. The van der Waals surface area contributed by atoms with Crippen LogP contribution in [0.5, 0.6) is 0 Å². The van der Waals surface area contributed by atoms with Crippen molar-refractivity contribution < 1.29 is 4.79 Å². The van der Waals surface area contributed by atoms with Gasteiger partial charge in [0.15, 0.2) is 0 Å². The van der Waals surface area contributed by atoms with E-state index in [1.807, 2.05) is 56.3 Å². The number of hydrogen-bond acceptors (Lipinski definition) is 2. The van der Waals surface area contributed by atoms with Gasteiger partial charge in [-0.25, -0.2) is 0 Å². The van der Waals surface area contributed by atoms with Crippen LogP contribution in [0.3, 0.4) is 0 Å². The molecule has 2 N–H and O–H groups in total. The van der Waals surface area contributed by atoms with Crippen LogP contribution in [0.25, 0.3) is 0 Å². The molecule has 0 unspecified atom stereocenters. The molecule has 20 heavy (non-hydrogen) atoms. The summed E-state index contributed by atoms with van der Waals surface area (Å²) in [4.78, 5) is 11.9. The Labute approximate surface area is 127 Å². The Morgan fingerprint density at radius 1 is 1.05 bits per heavy atom. The van der Waals surface area contributed by atoms with Crippen LogP contribution in [0.15, 0.2) is 46.9 Å². The molecule has 0 fully saturated rings. The molecule has 0 saturated carbocycles. The van der Waals surface area contributed by atoms with Crippen LogP contribution in [-0.4, -0.2) is 12.5 Å². The molecule has 0 heterocycles. The second-order valence-electron chi connectivity index (χ2n) is 4.73. The number of amides is 1. The summed E-state index contributed by atoms with van der Waals surface area (Å²) in [5, 5.41) is 5.95. The van der Waals surface area contributed by atoms with Crippen LogP contribution in [0.4, 0.5) is 11.4 Å². The van der Waals surface area contributed by atoms with Gasteiger partial charge in [-0.05, 0) is 43.7 Å². The van der Waals surface area contributed by atoms with E-state index in [-0.39, 0.29) is 12.5 Å². The standard InChI is InChI=1S/C16H17BrN2O/c1-11-3-6-13(7-4-11)18-10-16(20)19-14-8-5-12(2)15(17)9-14/h3-9,18H,10H2,1-2H3,(H,19,20). The molecule has 2 aromatic carbocycles. The van der Waals surface area contributed by atoms with Crippen molar-refractivity contribution in [3.05, 3.63) is 58.1 Å².